The fraction of sp³-hybridized carbons (Fsp3) is 0.133. The van der Waals surface area contributed by atoms with Crippen LogP contribution in [0.25, 0.3) is 11.0 Å². The van der Waals surface area contributed by atoms with E-state index in [0.717, 1.165) is 12.5 Å². The summed E-state index contributed by atoms with van der Waals surface area (Å²) in [5.41, 5.74) is 1.89. The molecule has 1 aromatic heterocycles. The number of fused-ring (bicyclic) bond motifs is 2. The molecule has 0 fully saturated rings. The first-order valence-corrected chi connectivity index (χ1v) is 7.18. The molecule has 0 amide bonds. The van der Waals surface area contributed by atoms with Gasteiger partial charge < -0.3 is 4.98 Å². The maximum atomic E-state index is 13.7. The molecular weight excluding hydrogens is 278 g/mol. The molecular formula is C15H10F2N2S. The summed E-state index contributed by atoms with van der Waals surface area (Å²) in [5, 5.41) is 0.127. The number of nitrogens with zero attached hydrogens (tertiary/aromatic N) is 1. The van der Waals surface area contributed by atoms with Gasteiger partial charge in [-0.3, -0.25) is 0 Å². The molecule has 2 heterocycles. The number of halogens is 2. The first-order chi connectivity index (χ1) is 9.70. The van der Waals surface area contributed by atoms with Crippen LogP contribution in [0.4, 0.5) is 8.78 Å². The van der Waals surface area contributed by atoms with E-state index in [1.807, 2.05) is 12.1 Å². The van der Waals surface area contributed by atoms with Gasteiger partial charge in [-0.1, -0.05) is 18.2 Å². The van der Waals surface area contributed by atoms with Gasteiger partial charge in [-0.05, 0) is 24.1 Å². The van der Waals surface area contributed by atoms with Gasteiger partial charge in [-0.15, -0.1) is 11.8 Å². The predicted molar refractivity (Wildman–Crippen MR) is 74.8 cm³/mol. The number of imidazole rings is 1. The highest BCUT2D eigenvalue weighted by atomic mass is 32.2. The molecule has 2 aromatic carbocycles. The lowest BCUT2D eigenvalue weighted by Gasteiger charge is -2.02. The normalized spacial score (nSPS) is 17.6. The number of benzene rings is 2. The number of nitrogens with one attached hydrogen (secondary N) is 1. The topological polar surface area (TPSA) is 28.7 Å². The predicted octanol–water partition coefficient (Wildman–Crippen LogP) is 4.23. The Bertz CT molecular complexity index is 788. The van der Waals surface area contributed by atoms with Gasteiger partial charge in [-0.25, -0.2) is 13.8 Å². The molecule has 1 aliphatic heterocycles. The van der Waals surface area contributed by atoms with Crippen LogP contribution in [0.3, 0.4) is 0 Å². The molecule has 1 unspecified atom stereocenters. The number of H-pyrrole nitrogens is 1. The summed E-state index contributed by atoms with van der Waals surface area (Å²) >= 11 is 1.70. The molecule has 0 saturated heterocycles. The van der Waals surface area contributed by atoms with Crippen molar-refractivity contribution in [2.24, 2.45) is 0 Å². The van der Waals surface area contributed by atoms with Gasteiger partial charge in [0.15, 0.2) is 5.82 Å². The lowest BCUT2D eigenvalue weighted by Crippen LogP contribution is -1.94. The van der Waals surface area contributed by atoms with Crippen LogP contribution in [-0.2, 0) is 6.42 Å². The quantitative estimate of drug-likeness (QED) is 0.726. The second kappa shape index (κ2) is 4.31. The summed E-state index contributed by atoms with van der Waals surface area (Å²) < 4.78 is 26.9. The summed E-state index contributed by atoms with van der Waals surface area (Å²) in [5.74, 6) is -0.513. The molecule has 0 aliphatic carbocycles. The zero-order valence-corrected chi connectivity index (χ0v) is 11.2. The van der Waals surface area contributed by atoms with Crippen molar-refractivity contribution >= 4 is 22.8 Å². The van der Waals surface area contributed by atoms with Gasteiger partial charge in [0, 0.05) is 11.0 Å². The number of aromatic nitrogens is 2. The van der Waals surface area contributed by atoms with Crippen molar-refractivity contribution in [3.05, 3.63) is 59.4 Å². The molecule has 4 rings (SSSR count). The Balaban J connectivity index is 1.76. The SMILES string of the molecule is Fc1cc(F)c2nc(C3Cc4ccccc4S3)[nH]c2c1. The van der Waals surface area contributed by atoms with Crippen LogP contribution in [0.2, 0.25) is 0 Å². The fourth-order valence-corrected chi connectivity index (χ4v) is 3.80. The molecule has 100 valence electrons. The monoisotopic (exact) mass is 288 g/mol. The van der Waals surface area contributed by atoms with Crippen LogP contribution in [0.1, 0.15) is 16.6 Å². The number of thioether (sulfide) groups is 1. The molecule has 5 heteroatoms. The Hall–Kier alpha value is -1.88. The van der Waals surface area contributed by atoms with Gasteiger partial charge in [0.2, 0.25) is 0 Å². The van der Waals surface area contributed by atoms with E-state index in [1.165, 1.54) is 16.5 Å². The lowest BCUT2D eigenvalue weighted by molar-refractivity contribution is 0.590. The van der Waals surface area contributed by atoms with Crippen molar-refractivity contribution in [1.29, 1.82) is 0 Å². The van der Waals surface area contributed by atoms with Crippen LogP contribution in [0.15, 0.2) is 41.3 Å². The average Bonchev–Trinajstić information content (AvgIpc) is 3.01. The van der Waals surface area contributed by atoms with Gasteiger partial charge >= 0.3 is 0 Å². The van der Waals surface area contributed by atoms with Gasteiger partial charge in [0.1, 0.15) is 17.2 Å². The van der Waals surface area contributed by atoms with Crippen molar-refractivity contribution in [3.8, 4) is 0 Å². The minimum Gasteiger partial charge on any atom is -0.341 e. The largest absolute Gasteiger partial charge is 0.341 e. The van der Waals surface area contributed by atoms with E-state index in [1.54, 1.807) is 11.8 Å². The van der Waals surface area contributed by atoms with Crippen molar-refractivity contribution < 1.29 is 8.78 Å². The Morgan fingerprint density at radius 1 is 1.20 bits per heavy atom. The zero-order chi connectivity index (χ0) is 13.7. The molecule has 1 N–H and O–H groups in total. The standard InChI is InChI=1S/C15H10F2N2S/c16-9-6-10(17)14-11(7-9)18-15(19-14)13-5-8-3-1-2-4-12(8)20-13/h1-4,6-7,13H,5H2,(H,18,19). The summed E-state index contributed by atoms with van der Waals surface area (Å²) in [7, 11) is 0. The van der Waals surface area contributed by atoms with Crippen molar-refractivity contribution in [3.63, 3.8) is 0 Å². The molecule has 0 saturated carbocycles. The summed E-state index contributed by atoms with van der Waals surface area (Å²) in [6.07, 6.45) is 0.852. The maximum absolute atomic E-state index is 13.7. The summed E-state index contributed by atoms with van der Waals surface area (Å²) in [6.45, 7) is 0. The summed E-state index contributed by atoms with van der Waals surface area (Å²) in [6, 6.07) is 10.3. The van der Waals surface area contributed by atoms with E-state index in [4.69, 9.17) is 0 Å². The number of hydrogen-bond donors (Lipinski definition) is 1. The van der Waals surface area contributed by atoms with Crippen LogP contribution in [0.5, 0.6) is 0 Å². The van der Waals surface area contributed by atoms with Gasteiger partial charge in [-0.2, -0.15) is 0 Å². The smallest absolute Gasteiger partial charge is 0.153 e. The third kappa shape index (κ3) is 1.81. The van der Waals surface area contributed by atoms with Crippen LogP contribution in [0, 0.1) is 11.6 Å². The van der Waals surface area contributed by atoms with Crippen LogP contribution < -0.4 is 0 Å². The van der Waals surface area contributed by atoms with Crippen molar-refractivity contribution in [2.45, 2.75) is 16.6 Å². The molecule has 2 nitrogen and oxygen atoms in total. The molecule has 3 aromatic rings. The lowest BCUT2D eigenvalue weighted by atomic mass is 10.1. The highest BCUT2D eigenvalue weighted by Crippen LogP contribution is 2.45. The average molecular weight is 288 g/mol. The second-order valence-electron chi connectivity index (χ2n) is 4.82. The van der Waals surface area contributed by atoms with E-state index in [-0.39, 0.29) is 10.8 Å². The van der Waals surface area contributed by atoms with E-state index in [9.17, 15) is 8.78 Å². The highest BCUT2D eigenvalue weighted by molar-refractivity contribution is 7.99. The Morgan fingerprint density at radius 3 is 2.90 bits per heavy atom. The van der Waals surface area contributed by atoms with E-state index >= 15 is 0 Å². The molecule has 20 heavy (non-hydrogen) atoms. The molecule has 0 radical (unpaired) electrons. The van der Waals surface area contributed by atoms with E-state index in [0.29, 0.717) is 11.3 Å². The second-order valence-corrected chi connectivity index (χ2v) is 6.07. The first kappa shape index (κ1) is 11.9. The molecule has 1 aliphatic rings. The zero-order valence-electron chi connectivity index (χ0n) is 10.4. The van der Waals surface area contributed by atoms with Crippen molar-refractivity contribution in [1.82, 2.24) is 9.97 Å². The fourth-order valence-electron chi connectivity index (χ4n) is 2.55. The Morgan fingerprint density at radius 2 is 2.05 bits per heavy atom. The van der Waals surface area contributed by atoms with Crippen LogP contribution in [-0.4, -0.2) is 9.97 Å². The number of rotatable bonds is 1. The minimum absolute atomic E-state index is 0.127. The first-order valence-electron chi connectivity index (χ1n) is 6.30. The molecule has 0 bridgehead atoms. The third-order valence-corrected chi connectivity index (χ3v) is 4.80. The van der Waals surface area contributed by atoms with E-state index < -0.39 is 11.6 Å². The molecule has 1 atom stereocenters. The third-order valence-electron chi connectivity index (χ3n) is 3.48. The number of hydrogen-bond acceptors (Lipinski definition) is 2. The van der Waals surface area contributed by atoms with Crippen LogP contribution >= 0.6 is 11.8 Å². The van der Waals surface area contributed by atoms with E-state index in [2.05, 4.69) is 22.1 Å². The summed E-state index contributed by atoms with van der Waals surface area (Å²) in [4.78, 5) is 8.57. The number of aromatic amines is 1. The Kier molecular flexibility index (Phi) is 2.57. The highest BCUT2D eigenvalue weighted by Gasteiger charge is 2.26. The minimum atomic E-state index is -0.622. The maximum Gasteiger partial charge on any atom is 0.153 e. The van der Waals surface area contributed by atoms with Crippen molar-refractivity contribution in [2.75, 3.05) is 0 Å². The molecule has 0 spiro atoms. The van der Waals surface area contributed by atoms with Gasteiger partial charge in [0.25, 0.3) is 0 Å². The Labute approximate surface area is 118 Å². The van der Waals surface area contributed by atoms with Gasteiger partial charge in [0.05, 0.1) is 10.8 Å².